The van der Waals surface area contributed by atoms with Crippen LogP contribution in [0.25, 0.3) is 10.2 Å². The van der Waals surface area contributed by atoms with Crippen LogP contribution >= 0.6 is 22.9 Å². The van der Waals surface area contributed by atoms with E-state index in [2.05, 4.69) is 22.4 Å². The maximum atomic E-state index is 13.1. The van der Waals surface area contributed by atoms with Gasteiger partial charge in [0.05, 0.1) is 17.9 Å². The van der Waals surface area contributed by atoms with Crippen molar-refractivity contribution in [1.82, 2.24) is 15.0 Å². The molecule has 0 radical (unpaired) electrons. The molecule has 1 N–H and O–H groups in total. The fourth-order valence-corrected chi connectivity index (χ4v) is 5.03. The minimum atomic E-state index is -0.722. The second-order valence-electron chi connectivity index (χ2n) is 7.45. The Morgan fingerprint density at radius 1 is 1.41 bits per heavy atom. The summed E-state index contributed by atoms with van der Waals surface area (Å²) >= 11 is 7.45. The molecule has 1 amide bonds. The Balaban J connectivity index is 1.55. The third-order valence-corrected chi connectivity index (χ3v) is 6.71. The smallest absolute Gasteiger partial charge is 0.263 e. The van der Waals surface area contributed by atoms with Crippen LogP contribution in [-0.4, -0.2) is 21.7 Å². The van der Waals surface area contributed by atoms with E-state index >= 15 is 0 Å². The van der Waals surface area contributed by atoms with E-state index in [1.807, 2.05) is 0 Å². The number of carbonyl (C=O) groups is 1. The van der Waals surface area contributed by atoms with Crippen LogP contribution in [0.15, 0.2) is 40.5 Å². The largest absolute Gasteiger partial charge is 0.286 e. The van der Waals surface area contributed by atoms with Crippen LogP contribution < -0.4 is 11.0 Å². The highest BCUT2D eigenvalue weighted by atomic mass is 35.5. The third-order valence-electron chi connectivity index (χ3n) is 5.30. The molecule has 2 aromatic heterocycles. The molecule has 2 heterocycles. The number of amides is 1. The summed E-state index contributed by atoms with van der Waals surface area (Å²) in [6, 6.07) is 6.36. The third kappa shape index (κ3) is 3.97. The predicted octanol–water partition coefficient (Wildman–Crippen LogP) is 3.95. The monoisotopic (exact) mass is 428 g/mol. The number of halogens is 1. The van der Waals surface area contributed by atoms with Gasteiger partial charge in [0.1, 0.15) is 10.9 Å². The number of rotatable bonds is 4. The molecule has 0 saturated carbocycles. The van der Waals surface area contributed by atoms with Crippen LogP contribution in [0, 0.1) is 5.92 Å². The lowest BCUT2D eigenvalue weighted by Crippen LogP contribution is -2.34. The van der Waals surface area contributed by atoms with Crippen molar-refractivity contribution in [2.75, 3.05) is 0 Å². The lowest BCUT2D eigenvalue weighted by atomic mass is 9.89. The second kappa shape index (κ2) is 8.08. The van der Waals surface area contributed by atoms with Crippen molar-refractivity contribution in [3.63, 3.8) is 0 Å². The Morgan fingerprint density at radius 3 is 2.93 bits per heavy atom. The Hall–Kier alpha value is -2.51. The van der Waals surface area contributed by atoms with Crippen molar-refractivity contribution in [1.29, 1.82) is 0 Å². The SMILES string of the molecule is CC1CCc2c(sc3ncn(C(C)C(=O)NN=Cc4ccc(Cl)cc4)c(=O)c23)C1. The highest BCUT2D eigenvalue weighted by molar-refractivity contribution is 7.18. The van der Waals surface area contributed by atoms with Gasteiger partial charge < -0.3 is 0 Å². The van der Waals surface area contributed by atoms with E-state index in [1.54, 1.807) is 42.5 Å². The number of hydrogen-bond donors (Lipinski definition) is 1. The summed E-state index contributed by atoms with van der Waals surface area (Å²) in [7, 11) is 0. The summed E-state index contributed by atoms with van der Waals surface area (Å²) in [4.78, 5) is 32.1. The zero-order chi connectivity index (χ0) is 20.5. The Bertz CT molecular complexity index is 1150. The summed E-state index contributed by atoms with van der Waals surface area (Å²) in [5.74, 6) is 0.247. The molecule has 150 valence electrons. The zero-order valence-electron chi connectivity index (χ0n) is 16.2. The molecule has 3 aromatic rings. The minimum absolute atomic E-state index is 0.161. The molecular weight excluding hydrogens is 408 g/mol. The lowest BCUT2D eigenvalue weighted by Gasteiger charge is -2.18. The number of hydrogen-bond acceptors (Lipinski definition) is 5. The lowest BCUT2D eigenvalue weighted by molar-refractivity contribution is -0.123. The number of nitrogens with one attached hydrogen (secondary N) is 1. The number of carbonyl (C=O) groups excluding carboxylic acids is 1. The van der Waals surface area contributed by atoms with E-state index in [0.29, 0.717) is 16.3 Å². The maximum Gasteiger partial charge on any atom is 0.263 e. The predicted molar refractivity (Wildman–Crippen MR) is 117 cm³/mol. The first-order chi connectivity index (χ1) is 13.9. The van der Waals surface area contributed by atoms with Gasteiger partial charge in [-0.2, -0.15) is 5.10 Å². The minimum Gasteiger partial charge on any atom is -0.286 e. The number of fused-ring (bicyclic) bond motifs is 3. The van der Waals surface area contributed by atoms with Gasteiger partial charge in [-0.1, -0.05) is 30.7 Å². The van der Waals surface area contributed by atoms with Crippen molar-refractivity contribution >= 4 is 45.3 Å². The number of benzene rings is 1. The van der Waals surface area contributed by atoms with E-state index in [9.17, 15) is 9.59 Å². The molecule has 29 heavy (non-hydrogen) atoms. The van der Waals surface area contributed by atoms with Gasteiger partial charge in [-0.15, -0.1) is 11.3 Å². The highest BCUT2D eigenvalue weighted by Gasteiger charge is 2.25. The molecule has 0 saturated heterocycles. The summed E-state index contributed by atoms with van der Waals surface area (Å²) in [6.45, 7) is 3.90. The van der Waals surface area contributed by atoms with Crippen LogP contribution in [0.3, 0.4) is 0 Å². The van der Waals surface area contributed by atoms with Gasteiger partial charge in [-0.3, -0.25) is 14.2 Å². The number of thiophene rings is 1. The summed E-state index contributed by atoms with van der Waals surface area (Å²) < 4.78 is 1.39. The number of aromatic nitrogens is 2. The molecule has 2 atom stereocenters. The van der Waals surface area contributed by atoms with E-state index in [1.165, 1.54) is 22.0 Å². The van der Waals surface area contributed by atoms with Crippen molar-refractivity contribution in [3.05, 3.63) is 62.0 Å². The molecule has 1 aromatic carbocycles. The molecule has 0 bridgehead atoms. The quantitative estimate of drug-likeness (QED) is 0.505. The first-order valence-electron chi connectivity index (χ1n) is 9.54. The van der Waals surface area contributed by atoms with Gasteiger partial charge >= 0.3 is 0 Å². The van der Waals surface area contributed by atoms with Crippen LogP contribution in [0.2, 0.25) is 5.02 Å². The number of hydrazone groups is 1. The molecule has 0 aliphatic heterocycles. The van der Waals surface area contributed by atoms with E-state index in [-0.39, 0.29) is 11.5 Å². The van der Waals surface area contributed by atoms with E-state index in [4.69, 9.17) is 11.6 Å². The van der Waals surface area contributed by atoms with Gasteiger partial charge in [0.15, 0.2) is 0 Å². The Labute approximate surface area is 177 Å². The van der Waals surface area contributed by atoms with Crippen LogP contribution in [-0.2, 0) is 17.6 Å². The van der Waals surface area contributed by atoms with E-state index in [0.717, 1.165) is 35.2 Å². The summed E-state index contributed by atoms with van der Waals surface area (Å²) in [6.07, 6.45) is 5.95. The average molecular weight is 429 g/mol. The molecule has 6 nitrogen and oxygen atoms in total. The van der Waals surface area contributed by atoms with Crippen LogP contribution in [0.1, 0.15) is 42.3 Å². The van der Waals surface area contributed by atoms with Crippen molar-refractivity contribution in [3.8, 4) is 0 Å². The van der Waals surface area contributed by atoms with E-state index < -0.39 is 6.04 Å². The first kappa shape index (κ1) is 19.8. The highest BCUT2D eigenvalue weighted by Crippen LogP contribution is 2.35. The van der Waals surface area contributed by atoms with Crippen LogP contribution in [0.4, 0.5) is 0 Å². The van der Waals surface area contributed by atoms with Crippen molar-refractivity contribution in [2.24, 2.45) is 11.0 Å². The number of nitrogens with zero attached hydrogens (tertiary/aromatic N) is 3. The fourth-order valence-electron chi connectivity index (χ4n) is 3.56. The fraction of sp³-hybridized carbons (Fsp3) is 0.333. The first-order valence-corrected chi connectivity index (χ1v) is 10.7. The Kier molecular flexibility index (Phi) is 5.52. The normalized spacial score (nSPS) is 17.4. The Morgan fingerprint density at radius 2 is 2.17 bits per heavy atom. The maximum absolute atomic E-state index is 13.1. The molecule has 0 fully saturated rings. The van der Waals surface area contributed by atoms with Crippen molar-refractivity contribution < 1.29 is 4.79 Å². The van der Waals surface area contributed by atoms with Gasteiger partial charge in [-0.05, 0) is 55.4 Å². The van der Waals surface area contributed by atoms with Crippen molar-refractivity contribution in [2.45, 2.75) is 39.2 Å². The van der Waals surface area contributed by atoms with Gasteiger partial charge in [-0.25, -0.2) is 10.4 Å². The topological polar surface area (TPSA) is 76.3 Å². The van der Waals surface area contributed by atoms with Gasteiger partial charge in [0.2, 0.25) is 0 Å². The van der Waals surface area contributed by atoms with Gasteiger partial charge in [0, 0.05) is 9.90 Å². The summed E-state index contributed by atoms with van der Waals surface area (Å²) in [5, 5.41) is 5.28. The number of aryl methyl sites for hydroxylation is 1. The zero-order valence-corrected chi connectivity index (χ0v) is 17.8. The molecular formula is C21H21ClN4O2S. The molecule has 1 aliphatic rings. The van der Waals surface area contributed by atoms with Gasteiger partial charge in [0.25, 0.3) is 11.5 Å². The molecule has 0 spiro atoms. The standard InChI is InChI=1S/C21H21ClN4O2S/c1-12-3-8-16-17(9-12)29-20-18(16)21(28)26(11-23-20)13(2)19(27)25-24-10-14-4-6-15(22)7-5-14/h4-7,10-13H,3,8-9H2,1-2H3,(H,25,27). The summed E-state index contributed by atoms with van der Waals surface area (Å²) in [5.41, 5.74) is 4.25. The average Bonchev–Trinajstić information content (AvgIpc) is 3.07. The second-order valence-corrected chi connectivity index (χ2v) is 8.97. The molecule has 1 aliphatic carbocycles. The molecule has 2 unspecified atom stereocenters. The van der Waals surface area contributed by atoms with Crippen LogP contribution in [0.5, 0.6) is 0 Å². The molecule has 8 heteroatoms. The molecule has 4 rings (SSSR count).